The summed E-state index contributed by atoms with van der Waals surface area (Å²) in [6.45, 7) is 8.03. The van der Waals surface area contributed by atoms with Crippen LogP contribution in [0.2, 0.25) is 0 Å². The standard InChI is InChI=1S/C23H31N3O4/c1-5-30-23(29)20-14-25(18-7-6-8-19(27)13-18)24-21(20)26(15(2)3)22(28)17-11-9-16(4)10-12-17/h6-8,13-17,27H,5,9-12H2,1-4H3. The highest BCUT2D eigenvalue weighted by Crippen LogP contribution is 2.33. The first kappa shape index (κ1) is 21.9. The number of benzene rings is 1. The highest BCUT2D eigenvalue weighted by molar-refractivity contribution is 6.02. The lowest BCUT2D eigenvalue weighted by Gasteiger charge is -2.32. The summed E-state index contributed by atoms with van der Waals surface area (Å²) in [4.78, 5) is 27.8. The van der Waals surface area contributed by atoms with E-state index in [1.54, 1.807) is 42.3 Å². The van der Waals surface area contributed by atoms with Crippen LogP contribution < -0.4 is 4.90 Å². The van der Waals surface area contributed by atoms with Gasteiger partial charge in [0.25, 0.3) is 0 Å². The smallest absolute Gasteiger partial charge is 0.343 e. The van der Waals surface area contributed by atoms with Gasteiger partial charge in [-0.3, -0.25) is 9.69 Å². The molecular formula is C23H31N3O4. The number of nitrogens with zero attached hydrogens (tertiary/aromatic N) is 3. The fourth-order valence-electron chi connectivity index (χ4n) is 3.97. The molecule has 0 atom stereocenters. The van der Waals surface area contributed by atoms with Crippen molar-refractivity contribution in [2.24, 2.45) is 11.8 Å². The van der Waals surface area contributed by atoms with E-state index in [1.165, 1.54) is 4.68 Å². The second kappa shape index (κ2) is 9.32. The Balaban J connectivity index is 2.03. The number of rotatable bonds is 6. The van der Waals surface area contributed by atoms with Crippen molar-refractivity contribution in [1.29, 1.82) is 0 Å². The van der Waals surface area contributed by atoms with Gasteiger partial charge in [-0.25, -0.2) is 9.48 Å². The normalized spacial score (nSPS) is 19.0. The van der Waals surface area contributed by atoms with Gasteiger partial charge >= 0.3 is 5.97 Å². The summed E-state index contributed by atoms with van der Waals surface area (Å²) in [5.74, 6) is 0.454. The summed E-state index contributed by atoms with van der Waals surface area (Å²) < 4.78 is 6.74. The molecule has 1 aromatic heterocycles. The maximum absolute atomic E-state index is 13.5. The van der Waals surface area contributed by atoms with Crippen molar-refractivity contribution >= 4 is 17.7 Å². The molecule has 7 heteroatoms. The number of carbonyl (C=O) groups is 2. The van der Waals surface area contributed by atoms with E-state index in [1.807, 2.05) is 13.8 Å². The zero-order chi connectivity index (χ0) is 21.8. The van der Waals surface area contributed by atoms with Crippen molar-refractivity contribution in [3.05, 3.63) is 36.0 Å². The Morgan fingerprint density at radius 2 is 1.97 bits per heavy atom. The first-order chi connectivity index (χ1) is 14.3. The lowest BCUT2D eigenvalue weighted by atomic mass is 9.82. The summed E-state index contributed by atoms with van der Waals surface area (Å²) in [5, 5.41) is 14.4. The van der Waals surface area contributed by atoms with Gasteiger partial charge in [0.15, 0.2) is 5.82 Å². The second-order valence-corrected chi connectivity index (χ2v) is 8.31. The number of ether oxygens (including phenoxy) is 1. The predicted octanol–water partition coefficient (Wildman–Crippen LogP) is 4.32. The summed E-state index contributed by atoms with van der Waals surface area (Å²) >= 11 is 0. The van der Waals surface area contributed by atoms with Gasteiger partial charge in [0.05, 0.1) is 12.3 Å². The fourth-order valence-corrected chi connectivity index (χ4v) is 3.97. The summed E-state index contributed by atoms with van der Waals surface area (Å²) in [6, 6.07) is 6.42. The molecule has 3 rings (SSSR count). The molecule has 1 heterocycles. The molecule has 1 fully saturated rings. The highest BCUT2D eigenvalue weighted by atomic mass is 16.5. The van der Waals surface area contributed by atoms with Crippen LogP contribution in [0.5, 0.6) is 5.75 Å². The average molecular weight is 414 g/mol. The number of amides is 1. The third kappa shape index (κ3) is 4.66. The van der Waals surface area contributed by atoms with Gasteiger partial charge in [-0.2, -0.15) is 0 Å². The van der Waals surface area contributed by atoms with Crippen LogP contribution in [-0.2, 0) is 9.53 Å². The Kier molecular flexibility index (Phi) is 6.80. The second-order valence-electron chi connectivity index (χ2n) is 8.31. The number of hydrogen-bond donors (Lipinski definition) is 1. The van der Waals surface area contributed by atoms with Crippen LogP contribution in [0.3, 0.4) is 0 Å². The highest BCUT2D eigenvalue weighted by Gasteiger charge is 2.34. The number of aromatic nitrogens is 2. The zero-order valence-electron chi connectivity index (χ0n) is 18.2. The maximum atomic E-state index is 13.5. The Labute approximate surface area is 177 Å². The number of esters is 1. The topological polar surface area (TPSA) is 84.7 Å². The Hall–Kier alpha value is -2.83. The van der Waals surface area contributed by atoms with Crippen LogP contribution in [0.15, 0.2) is 30.5 Å². The monoisotopic (exact) mass is 413 g/mol. The van der Waals surface area contributed by atoms with Crippen molar-refractivity contribution in [1.82, 2.24) is 9.78 Å². The van der Waals surface area contributed by atoms with Crippen LogP contribution >= 0.6 is 0 Å². The number of phenolic OH excluding ortho intramolecular Hbond substituents is 1. The van der Waals surface area contributed by atoms with Gasteiger partial charge in [-0.1, -0.05) is 13.0 Å². The molecule has 2 aromatic rings. The van der Waals surface area contributed by atoms with E-state index in [4.69, 9.17) is 4.74 Å². The predicted molar refractivity (Wildman–Crippen MR) is 115 cm³/mol. The Morgan fingerprint density at radius 1 is 1.27 bits per heavy atom. The molecule has 0 bridgehead atoms. The number of aromatic hydroxyl groups is 1. The van der Waals surface area contributed by atoms with Gasteiger partial charge in [-0.05, 0) is 64.5 Å². The molecule has 1 amide bonds. The summed E-state index contributed by atoms with van der Waals surface area (Å²) in [6.07, 6.45) is 5.33. The molecule has 30 heavy (non-hydrogen) atoms. The molecule has 0 aliphatic heterocycles. The van der Waals surface area contributed by atoms with Gasteiger partial charge in [-0.15, -0.1) is 5.10 Å². The first-order valence-electron chi connectivity index (χ1n) is 10.7. The van der Waals surface area contributed by atoms with E-state index in [0.29, 0.717) is 17.4 Å². The van der Waals surface area contributed by atoms with Gasteiger partial charge in [0.2, 0.25) is 5.91 Å². The molecule has 1 aliphatic rings. The van der Waals surface area contributed by atoms with Crippen molar-refractivity contribution < 1.29 is 19.4 Å². The minimum atomic E-state index is -0.519. The maximum Gasteiger partial charge on any atom is 0.343 e. The van der Waals surface area contributed by atoms with Crippen LogP contribution in [0.25, 0.3) is 5.69 Å². The van der Waals surface area contributed by atoms with Gasteiger partial charge < -0.3 is 9.84 Å². The molecule has 1 N–H and O–H groups in total. The molecule has 0 unspecified atom stereocenters. The van der Waals surface area contributed by atoms with Crippen LogP contribution in [-0.4, -0.2) is 39.4 Å². The third-order valence-electron chi connectivity index (χ3n) is 5.63. The third-order valence-corrected chi connectivity index (χ3v) is 5.63. The van der Waals surface area contributed by atoms with Gasteiger partial charge in [0, 0.05) is 24.2 Å². The van der Waals surface area contributed by atoms with E-state index >= 15 is 0 Å². The van der Waals surface area contributed by atoms with Crippen molar-refractivity contribution in [3.63, 3.8) is 0 Å². The lowest BCUT2D eigenvalue weighted by molar-refractivity contribution is -0.124. The van der Waals surface area contributed by atoms with Crippen molar-refractivity contribution in [2.45, 2.75) is 59.4 Å². The Morgan fingerprint density at radius 3 is 2.57 bits per heavy atom. The SMILES string of the molecule is CCOC(=O)c1cn(-c2cccc(O)c2)nc1N(C(=O)C1CCC(C)CC1)C(C)C. The molecule has 0 saturated heterocycles. The van der Waals surface area contributed by atoms with E-state index in [9.17, 15) is 14.7 Å². The number of phenols is 1. The quantitative estimate of drug-likeness (QED) is 0.713. The summed E-state index contributed by atoms with van der Waals surface area (Å²) in [5.41, 5.74) is 0.834. The largest absolute Gasteiger partial charge is 0.508 e. The summed E-state index contributed by atoms with van der Waals surface area (Å²) in [7, 11) is 0. The molecule has 1 saturated carbocycles. The first-order valence-corrected chi connectivity index (χ1v) is 10.7. The molecule has 0 spiro atoms. The minimum absolute atomic E-state index is 0.00334. The molecule has 162 valence electrons. The minimum Gasteiger partial charge on any atom is -0.508 e. The number of anilines is 1. The van der Waals surface area contributed by atoms with Crippen LogP contribution in [0.1, 0.15) is 63.7 Å². The average Bonchev–Trinajstić information content (AvgIpc) is 3.13. The van der Waals surface area contributed by atoms with Crippen molar-refractivity contribution in [3.8, 4) is 11.4 Å². The molecule has 7 nitrogen and oxygen atoms in total. The van der Waals surface area contributed by atoms with Crippen LogP contribution in [0.4, 0.5) is 5.82 Å². The fraction of sp³-hybridized carbons (Fsp3) is 0.522. The molecule has 1 aliphatic carbocycles. The molecule has 1 aromatic carbocycles. The Bertz CT molecular complexity index is 898. The zero-order valence-corrected chi connectivity index (χ0v) is 18.2. The molecular weight excluding hydrogens is 382 g/mol. The van der Waals surface area contributed by atoms with E-state index in [0.717, 1.165) is 25.7 Å². The lowest BCUT2D eigenvalue weighted by Crippen LogP contribution is -2.43. The van der Waals surface area contributed by atoms with E-state index < -0.39 is 5.97 Å². The van der Waals surface area contributed by atoms with E-state index in [-0.39, 0.29) is 35.8 Å². The number of carbonyl (C=O) groups excluding carboxylic acids is 2. The van der Waals surface area contributed by atoms with Crippen LogP contribution in [0, 0.1) is 11.8 Å². The van der Waals surface area contributed by atoms with E-state index in [2.05, 4.69) is 12.0 Å². The van der Waals surface area contributed by atoms with Gasteiger partial charge in [0.1, 0.15) is 11.3 Å². The molecule has 0 radical (unpaired) electrons. The van der Waals surface area contributed by atoms with Crippen molar-refractivity contribution in [2.75, 3.05) is 11.5 Å². The number of hydrogen-bond acceptors (Lipinski definition) is 5.